The molecule has 0 aliphatic heterocycles. The number of aliphatic imine (C=N–C) groups is 1. The van der Waals surface area contributed by atoms with Crippen molar-refractivity contribution in [2.75, 3.05) is 0 Å². The first-order valence-corrected chi connectivity index (χ1v) is 4.91. The third-order valence-corrected chi connectivity index (χ3v) is 1.75. The predicted octanol–water partition coefficient (Wildman–Crippen LogP) is 3.65. The van der Waals surface area contributed by atoms with E-state index >= 15 is 0 Å². The van der Waals surface area contributed by atoms with Gasteiger partial charge in [0.1, 0.15) is 0 Å². The van der Waals surface area contributed by atoms with Gasteiger partial charge < -0.3 is 0 Å². The smallest absolute Gasteiger partial charge is 0.0991 e. The maximum Gasteiger partial charge on any atom is 0.0991 e. The molecule has 0 saturated carbocycles. The Morgan fingerprint density at radius 2 is 1.87 bits per heavy atom. The van der Waals surface area contributed by atoms with Crippen LogP contribution in [0.3, 0.4) is 0 Å². The van der Waals surface area contributed by atoms with Gasteiger partial charge in [0.25, 0.3) is 0 Å². The Hall–Kier alpha value is -1.88. The second-order valence-corrected chi connectivity index (χ2v) is 2.68. The molecular formula is C13H16N2. The molecule has 0 radical (unpaired) electrons. The molecule has 0 heterocycles. The van der Waals surface area contributed by atoms with Crippen LogP contribution in [0.15, 0.2) is 35.5 Å². The van der Waals surface area contributed by atoms with Crippen LogP contribution in [0.4, 0.5) is 0 Å². The molecule has 0 amide bonds. The van der Waals surface area contributed by atoms with Crippen molar-refractivity contribution < 1.29 is 0 Å². The summed E-state index contributed by atoms with van der Waals surface area (Å²) in [6.45, 7) is 9.34. The minimum Gasteiger partial charge on any atom is -0.272 e. The lowest BCUT2D eigenvalue weighted by Gasteiger charge is -1.98. The number of nitriles is 1. The highest BCUT2D eigenvalue weighted by molar-refractivity contribution is 5.64. The molecule has 0 unspecified atom stereocenters. The Labute approximate surface area is 91.6 Å². The van der Waals surface area contributed by atoms with Crippen molar-refractivity contribution in [2.24, 2.45) is 4.99 Å². The Morgan fingerprint density at radius 1 is 1.33 bits per heavy atom. The predicted molar refractivity (Wildman–Crippen MR) is 65.7 cm³/mol. The summed E-state index contributed by atoms with van der Waals surface area (Å²) in [5.74, 6) is 0. The number of nitrogens with zero attached hydrogens (tertiary/aromatic N) is 2. The van der Waals surface area contributed by atoms with Crippen molar-refractivity contribution in [1.29, 1.82) is 5.26 Å². The van der Waals surface area contributed by atoms with Gasteiger partial charge in [0.05, 0.1) is 11.6 Å². The number of benzene rings is 1. The minimum atomic E-state index is 0.670. The summed E-state index contributed by atoms with van der Waals surface area (Å²) >= 11 is 0. The lowest BCUT2D eigenvalue weighted by atomic mass is 10.1. The van der Waals surface area contributed by atoms with Crippen LogP contribution in [0.5, 0.6) is 0 Å². The molecule has 0 aliphatic rings. The normalized spacial score (nSPS) is 9.60. The third-order valence-electron chi connectivity index (χ3n) is 1.75. The zero-order chi connectivity index (χ0) is 11.7. The average Bonchev–Trinajstić information content (AvgIpc) is 2.32. The van der Waals surface area contributed by atoms with E-state index in [1.807, 2.05) is 32.9 Å². The lowest BCUT2D eigenvalue weighted by Crippen LogP contribution is -1.79. The Kier molecular flexibility index (Phi) is 6.57. The molecule has 1 rings (SSSR count). The van der Waals surface area contributed by atoms with Gasteiger partial charge >= 0.3 is 0 Å². The van der Waals surface area contributed by atoms with Gasteiger partial charge in [0.15, 0.2) is 0 Å². The van der Waals surface area contributed by atoms with Gasteiger partial charge in [0, 0.05) is 6.20 Å². The summed E-state index contributed by atoms with van der Waals surface area (Å²) in [7, 11) is 0. The van der Waals surface area contributed by atoms with E-state index in [4.69, 9.17) is 5.26 Å². The molecule has 1 aromatic rings. The summed E-state index contributed by atoms with van der Waals surface area (Å²) in [4.78, 5) is 3.68. The summed E-state index contributed by atoms with van der Waals surface area (Å²) in [5, 5.41) is 8.58. The SMILES string of the molecule is C=N/C=C(\C)c1ccc(C#N)cc1.CC. The van der Waals surface area contributed by atoms with E-state index in [0.717, 1.165) is 11.1 Å². The first-order valence-electron chi connectivity index (χ1n) is 4.91. The number of allylic oxidation sites excluding steroid dienone is 1. The second kappa shape index (κ2) is 7.52. The molecule has 0 atom stereocenters. The molecule has 0 N–H and O–H groups in total. The van der Waals surface area contributed by atoms with Crippen molar-refractivity contribution in [1.82, 2.24) is 0 Å². The fourth-order valence-corrected chi connectivity index (χ4v) is 1.02. The fourth-order valence-electron chi connectivity index (χ4n) is 1.02. The molecule has 0 aliphatic carbocycles. The van der Waals surface area contributed by atoms with Crippen LogP contribution in [0.2, 0.25) is 0 Å². The zero-order valence-corrected chi connectivity index (χ0v) is 9.49. The monoisotopic (exact) mass is 200 g/mol. The summed E-state index contributed by atoms with van der Waals surface area (Å²) < 4.78 is 0. The average molecular weight is 200 g/mol. The highest BCUT2D eigenvalue weighted by atomic mass is 14.6. The van der Waals surface area contributed by atoms with Gasteiger partial charge in [-0.1, -0.05) is 26.0 Å². The maximum atomic E-state index is 8.58. The van der Waals surface area contributed by atoms with Crippen LogP contribution in [0.25, 0.3) is 5.57 Å². The Bertz CT molecular complexity index is 367. The molecule has 15 heavy (non-hydrogen) atoms. The van der Waals surface area contributed by atoms with Crippen LogP contribution in [0, 0.1) is 11.3 Å². The first-order chi connectivity index (χ1) is 7.27. The topological polar surface area (TPSA) is 36.1 Å². The van der Waals surface area contributed by atoms with Crippen molar-refractivity contribution in [2.45, 2.75) is 20.8 Å². The lowest BCUT2D eigenvalue weighted by molar-refractivity contribution is 1.46. The number of hydrogen-bond acceptors (Lipinski definition) is 2. The molecule has 1 aromatic carbocycles. The van der Waals surface area contributed by atoms with E-state index in [-0.39, 0.29) is 0 Å². The number of hydrogen-bond donors (Lipinski definition) is 0. The fraction of sp³-hybridized carbons (Fsp3) is 0.231. The van der Waals surface area contributed by atoms with Crippen molar-refractivity contribution in [3.63, 3.8) is 0 Å². The number of rotatable bonds is 2. The van der Waals surface area contributed by atoms with Crippen LogP contribution >= 0.6 is 0 Å². The molecule has 0 spiro atoms. The van der Waals surface area contributed by atoms with Gasteiger partial charge in [-0.05, 0) is 36.9 Å². The van der Waals surface area contributed by atoms with Crippen molar-refractivity contribution >= 4 is 12.3 Å². The van der Waals surface area contributed by atoms with E-state index in [0.29, 0.717) is 5.56 Å². The van der Waals surface area contributed by atoms with Gasteiger partial charge in [-0.3, -0.25) is 4.99 Å². The standard InChI is InChI=1S/C11H10N2.C2H6/c1-9(8-13-2)11-5-3-10(7-12)4-6-11;1-2/h3-6,8H,2H2,1H3;1-2H3/b9-8+;. The molecule has 2 heteroatoms. The minimum absolute atomic E-state index is 0.670. The molecule has 0 aromatic heterocycles. The largest absolute Gasteiger partial charge is 0.272 e. The van der Waals surface area contributed by atoms with Crippen LogP contribution in [0.1, 0.15) is 31.9 Å². The van der Waals surface area contributed by atoms with E-state index in [1.54, 1.807) is 18.3 Å². The highest BCUT2D eigenvalue weighted by Crippen LogP contribution is 2.13. The summed E-state index contributed by atoms with van der Waals surface area (Å²) in [5.41, 5.74) is 2.77. The molecule has 0 bridgehead atoms. The summed E-state index contributed by atoms with van der Waals surface area (Å²) in [6.07, 6.45) is 1.70. The van der Waals surface area contributed by atoms with Gasteiger partial charge in [-0.2, -0.15) is 5.26 Å². The first kappa shape index (κ1) is 13.1. The van der Waals surface area contributed by atoms with Gasteiger partial charge in [-0.15, -0.1) is 0 Å². The Balaban J connectivity index is 0.000000921. The van der Waals surface area contributed by atoms with Gasteiger partial charge in [0.2, 0.25) is 0 Å². The molecule has 0 fully saturated rings. The highest BCUT2D eigenvalue weighted by Gasteiger charge is 1.94. The van der Waals surface area contributed by atoms with E-state index < -0.39 is 0 Å². The molecular weight excluding hydrogens is 184 g/mol. The maximum absolute atomic E-state index is 8.58. The van der Waals surface area contributed by atoms with Crippen LogP contribution < -0.4 is 0 Å². The van der Waals surface area contributed by atoms with Crippen molar-refractivity contribution in [3.05, 3.63) is 41.6 Å². The van der Waals surface area contributed by atoms with E-state index in [2.05, 4.69) is 17.8 Å². The Morgan fingerprint density at radius 3 is 2.27 bits per heavy atom. The quantitative estimate of drug-likeness (QED) is 0.671. The van der Waals surface area contributed by atoms with E-state index in [1.165, 1.54) is 0 Å². The third kappa shape index (κ3) is 4.24. The molecule has 2 nitrogen and oxygen atoms in total. The van der Waals surface area contributed by atoms with Crippen LogP contribution in [-0.2, 0) is 0 Å². The molecule has 78 valence electrons. The zero-order valence-electron chi connectivity index (χ0n) is 9.49. The summed E-state index contributed by atoms with van der Waals surface area (Å²) in [6, 6.07) is 9.44. The molecule has 0 saturated heterocycles. The van der Waals surface area contributed by atoms with Crippen LogP contribution in [-0.4, -0.2) is 6.72 Å². The second-order valence-electron chi connectivity index (χ2n) is 2.68. The van der Waals surface area contributed by atoms with Gasteiger partial charge in [-0.25, -0.2) is 0 Å². The van der Waals surface area contributed by atoms with E-state index in [9.17, 15) is 0 Å². The van der Waals surface area contributed by atoms with Crippen molar-refractivity contribution in [3.8, 4) is 6.07 Å².